The lowest BCUT2D eigenvalue weighted by molar-refractivity contribution is -0.123. The van der Waals surface area contributed by atoms with Crippen LogP contribution in [0.1, 0.15) is 47.6 Å². The van der Waals surface area contributed by atoms with E-state index in [9.17, 15) is 9.59 Å². The number of amides is 2. The summed E-state index contributed by atoms with van der Waals surface area (Å²) in [6, 6.07) is 2.49. The zero-order valence-electron chi connectivity index (χ0n) is 13.2. The van der Waals surface area contributed by atoms with E-state index in [4.69, 9.17) is 4.42 Å². The first-order valence-corrected chi connectivity index (χ1v) is 7.71. The van der Waals surface area contributed by atoms with Gasteiger partial charge in [-0.15, -0.1) is 0 Å². The Morgan fingerprint density at radius 2 is 2.30 bits per heavy atom. The maximum atomic E-state index is 12.3. The molecule has 0 radical (unpaired) electrons. The van der Waals surface area contributed by atoms with Gasteiger partial charge < -0.3 is 15.1 Å². The summed E-state index contributed by atoms with van der Waals surface area (Å²) in [6.45, 7) is 1.66. The van der Waals surface area contributed by atoms with Crippen LogP contribution in [0.3, 0.4) is 0 Å². The molecule has 23 heavy (non-hydrogen) atoms. The minimum absolute atomic E-state index is 0.0529. The summed E-state index contributed by atoms with van der Waals surface area (Å²) in [6.07, 6.45) is 6.09. The number of furan rings is 1. The van der Waals surface area contributed by atoms with Crippen molar-refractivity contribution >= 4 is 11.8 Å². The number of aryl methyl sites for hydroxylation is 1. The first kappa shape index (κ1) is 15.3. The van der Waals surface area contributed by atoms with Gasteiger partial charge in [0.05, 0.1) is 18.5 Å². The molecule has 2 aromatic rings. The van der Waals surface area contributed by atoms with Crippen LogP contribution in [0, 0.1) is 0 Å². The van der Waals surface area contributed by atoms with Gasteiger partial charge in [-0.2, -0.15) is 5.10 Å². The van der Waals surface area contributed by atoms with Gasteiger partial charge in [0.1, 0.15) is 6.04 Å². The topological polar surface area (TPSA) is 89.2 Å². The number of hydrogen-bond acceptors (Lipinski definition) is 4. The largest absolute Gasteiger partial charge is 0.459 e. The van der Waals surface area contributed by atoms with Crippen LogP contribution in [0.5, 0.6) is 0 Å². The fraction of sp³-hybridized carbons (Fsp3) is 0.438. The highest BCUT2D eigenvalue weighted by Gasteiger charge is 2.27. The van der Waals surface area contributed by atoms with Gasteiger partial charge in [0, 0.05) is 18.3 Å². The summed E-state index contributed by atoms with van der Waals surface area (Å²) >= 11 is 0. The molecule has 0 aliphatic heterocycles. The third kappa shape index (κ3) is 3.13. The second-order valence-electron chi connectivity index (χ2n) is 5.80. The molecule has 7 nitrogen and oxygen atoms in total. The Morgan fingerprint density at radius 1 is 1.48 bits per heavy atom. The first-order chi connectivity index (χ1) is 11.1. The molecule has 0 aromatic carbocycles. The Hall–Kier alpha value is -2.57. The summed E-state index contributed by atoms with van der Waals surface area (Å²) in [5.41, 5.74) is 2.23. The highest BCUT2D eigenvalue weighted by Crippen LogP contribution is 2.29. The quantitative estimate of drug-likeness (QED) is 0.890. The molecule has 0 fully saturated rings. The van der Waals surface area contributed by atoms with Crippen molar-refractivity contribution < 1.29 is 14.0 Å². The molecule has 2 aromatic heterocycles. The lowest BCUT2D eigenvalue weighted by Gasteiger charge is -2.25. The molecule has 0 spiro atoms. The van der Waals surface area contributed by atoms with Gasteiger partial charge in [-0.1, -0.05) is 0 Å². The van der Waals surface area contributed by atoms with E-state index in [-0.39, 0.29) is 17.7 Å². The standard InChI is InChI=1S/C16H20N4O3/c1-10(18-16(22)14-7-4-8-23-14)15(21)19-12-5-3-6-13-11(12)9-17-20(13)2/h4,7-10,12H,3,5-6H2,1-2H3,(H,18,22)(H,19,21)/t10-,12-/m1/s1. The number of nitrogens with one attached hydrogen (secondary N) is 2. The van der Waals surface area contributed by atoms with Gasteiger partial charge in [-0.05, 0) is 38.3 Å². The third-order valence-corrected chi connectivity index (χ3v) is 4.18. The van der Waals surface area contributed by atoms with Crippen LogP contribution in [0.25, 0.3) is 0 Å². The molecule has 2 atom stereocenters. The van der Waals surface area contributed by atoms with Crippen molar-refractivity contribution in [3.63, 3.8) is 0 Å². The monoisotopic (exact) mass is 316 g/mol. The molecule has 1 aliphatic rings. The van der Waals surface area contributed by atoms with E-state index in [1.165, 1.54) is 6.26 Å². The highest BCUT2D eigenvalue weighted by atomic mass is 16.3. The number of hydrogen-bond donors (Lipinski definition) is 2. The van der Waals surface area contributed by atoms with Crippen LogP contribution in [0.4, 0.5) is 0 Å². The van der Waals surface area contributed by atoms with Crippen molar-refractivity contribution in [2.45, 2.75) is 38.3 Å². The second-order valence-corrected chi connectivity index (χ2v) is 5.80. The Kier molecular flexibility index (Phi) is 4.18. The van der Waals surface area contributed by atoms with Crippen LogP contribution >= 0.6 is 0 Å². The molecular formula is C16H20N4O3. The summed E-state index contributed by atoms with van der Waals surface area (Å²) in [5, 5.41) is 9.90. The van der Waals surface area contributed by atoms with Crippen LogP contribution in [-0.4, -0.2) is 27.6 Å². The number of aromatic nitrogens is 2. The molecule has 0 saturated heterocycles. The number of fused-ring (bicyclic) bond motifs is 1. The number of carbonyl (C=O) groups excluding carboxylic acids is 2. The van der Waals surface area contributed by atoms with Crippen LogP contribution < -0.4 is 10.6 Å². The average molecular weight is 316 g/mol. The SMILES string of the molecule is C[C@@H](NC(=O)c1ccco1)C(=O)N[C@@H]1CCCc2c1cnn2C. The maximum Gasteiger partial charge on any atom is 0.287 e. The first-order valence-electron chi connectivity index (χ1n) is 7.71. The molecule has 2 heterocycles. The number of carbonyl (C=O) groups is 2. The van der Waals surface area contributed by atoms with Crippen LogP contribution in [0.15, 0.2) is 29.0 Å². The van der Waals surface area contributed by atoms with Gasteiger partial charge in [0.15, 0.2) is 5.76 Å². The summed E-state index contributed by atoms with van der Waals surface area (Å²) in [4.78, 5) is 24.3. The molecule has 0 unspecified atom stereocenters. The highest BCUT2D eigenvalue weighted by molar-refractivity contribution is 5.95. The Morgan fingerprint density at radius 3 is 3.04 bits per heavy atom. The molecular weight excluding hydrogens is 296 g/mol. The van der Waals surface area contributed by atoms with E-state index < -0.39 is 11.9 Å². The lowest BCUT2D eigenvalue weighted by Crippen LogP contribution is -2.46. The molecule has 2 amide bonds. The van der Waals surface area contributed by atoms with E-state index in [0.717, 1.165) is 30.5 Å². The normalized spacial score (nSPS) is 18.1. The molecule has 3 rings (SSSR count). The molecule has 0 bridgehead atoms. The van der Waals surface area contributed by atoms with Gasteiger partial charge in [0.2, 0.25) is 5.91 Å². The predicted octanol–water partition coefficient (Wildman–Crippen LogP) is 1.33. The van der Waals surface area contributed by atoms with Crippen LogP contribution in [0.2, 0.25) is 0 Å². The molecule has 0 saturated carbocycles. The fourth-order valence-corrected chi connectivity index (χ4v) is 2.89. The fourth-order valence-electron chi connectivity index (χ4n) is 2.89. The van der Waals surface area contributed by atoms with E-state index in [1.807, 2.05) is 17.9 Å². The van der Waals surface area contributed by atoms with Crippen molar-refractivity contribution in [2.75, 3.05) is 0 Å². The van der Waals surface area contributed by atoms with Crippen molar-refractivity contribution in [3.05, 3.63) is 41.6 Å². The van der Waals surface area contributed by atoms with Crippen molar-refractivity contribution in [1.82, 2.24) is 20.4 Å². The minimum atomic E-state index is -0.644. The zero-order chi connectivity index (χ0) is 16.4. The van der Waals surface area contributed by atoms with E-state index in [2.05, 4.69) is 15.7 Å². The number of nitrogens with zero attached hydrogens (tertiary/aromatic N) is 2. The molecule has 7 heteroatoms. The maximum absolute atomic E-state index is 12.3. The van der Waals surface area contributed by atoms with Crippen molar-refractivity contribution in [3.8, 4) is 0 Å². The Bertz CT molecular complexity index is 705. The Labute approximate surface area is 134 Å². The number of rotatable bonds is 4. The zero-order valence-corrected chi connectivity index (χ0v) is 13.2. The van der Waals surface area contributed by atoms with Gasteiger partial charge in [0.25, 0.3) is 5.91 Å². The van der Waals surface area contributed by atoms with E-state index >= 15 is 0 Å². The molecule has 2 N–H and O–H groups in total. The van der Waals surface area contributed by atoms with Gasteiger partial charge in [-0.25, -0.2) is 0 Å². The Balaban J connectivity index is 1.62. The summed E-state index contributed by atoms with van der Waals surface area (Å²) in [7, 11) is 1.91. The average Bonchev–Trinajstić information content (AvgIpc) is 3.18. The smallest absolute Gasteiger partial charge is 0.287 e. The molecule has 1 aliphatic carbocycles. The van der Waals surface area contributed by atoms with Gasteiger partial charge in [-0.3, -0.25) is 14.3 Å². The minimum Gasteiger partial charge on any atom is -0.459 e. The van der Waals surface area contributed by atoms with Gasteiger partial charge >= 0.3 is 0 Å². The second kappa shape index (κ2) is 6.28. The van der Waals surface area contributed by atoms with E-state index in [1.54, 1.807) is 19.1 Å². The lowest BCUT2D eigenvalue weighted by atomic mass is 9.93. The van der Waals surface area contributed by atoms with Crippen molar-refractivity contribution in [1.29, 1.82) is 0 Å². The predicted molar refractivity (Wildman–Crippen MR) is 82.7 cm³/mol. The van der Waals surface area contributed by atoms with Crippen LogP contribution in [-0.2, 0) is 18.3 Å². The van der Waals surface area contributed by atoms with Crippen molar-refractivity contribution in [2.24, 2.45) is 7.05 Å². The third-order valence-electron chi connectivity index (χ3n) is 4.18. The van der Waals surface area contributed by atoms with E-state index in [0.29, 0.717) is 0 Å². The summed E-state index contributed by atoms with van der Waals surface area (Å²) < 4.78 is 6.88. The molecule has 122 valence electrons. The summed E-state index contributed by atoms with van der Waals surface area (Å²) in [5.74, 6) is -0.424.